The molecule has 0 amide bonds. The second-order valence-electron chi connectivity index (χ2n) is 5.95. The molecule has 3 heteroatoms. The van der Waals surface area contributed by atoms with E-state index >= 15 is 0 Å². The van der Waals surface area contributed by atoms with Crippen LogP contribution in [-0.2, 0) is 0 Å². The van der Waals surface area contributed by atoms with E-state index in [-0.39, 0.29) is 0 Å². The fourth-order valence-electron chi connectivity index (χ4n) is 3.82. The first-order chi connectivity index (χ1) is 8.71. The third-order valence-electron chi connectivity index (χ3n) is 5.17. The van der Waals surface area contributed by atoms with Gasteiger partial charge in [-0.25, -0.2) is 0 Å². The van der Waals surface area contributed by atoms with Crippen LogP contribution in [0.4, 0.5) is 5.69 Å². The maximum atomic E-state index is 4.36. The number of hydrogen-bond acceptors (Lipinski definition) is 1. The summed E-state index contributed by atoms with van der Waals surface area (Å²) < 4.78 is 0. The molecule has 94 valence electrons. The van der Waals surface area contributed by atoms with Gasteiger partial charge in [-0.05, 0) is 12.5 Å². The van der Waals surface area contributed by atoms with Gasteiger partial charge in [0.05, 0.1) is 11.7 Å². The molecular formula is C15H19N3. The molecule has 2 atom stereocenters. The monoisotopic (exact) mass is 241 g/mol. The van der Waals surface area contributed by atoms with E-state index in [1.165, 1.54) is 58.0 Å². The molecule has 0 radical (unpaired) electrons. The standard InChI is InChI=1S/C15H19N3/c1-17-10-14-12(8-15(17)5-3-6-15)11-4-7-16-9-13(11)18(14)2/h4,7,9,17-18H,1-3,5-6,8,10H2. The van der Waals surface area contributed by atoms with Gasteiger partial charge in [0, 0.05) is 36.6 Å². The minimum Gasteiger partial charge on any atom is -0.455 e. The van der Waals surface area contributed by atoms with Crippen LogP contribution >= 0.6 is 0 Å². The number of nitrogens with one attached hydrogen (secondary N) is 2. The van der Waals surface area contributed by atoms with Gasteiger partial charge in [-0.3, -0.25) is 4.98 Å². The van der Waals surface area contributed by atoms with Crippen molar-refractivity contribution in [2.45, 2.75) is 31.2 Å². The Kier molecular flexibility index (Phi) is 2.04. The van der Waals surface area contributed by atoms with E-state index in [1.54, 1.807) is 0 Å². The van der Waals surface area contributed by atoms with Gasteiger partial charge in [-0.2, -0.15) is 0 Å². The summed E-state index contributed by atoms with van der Waals surface area (Å²) in [5, 5.41) is 0. The van der Waals surface area contributed by atoms with Crippen molar-refractivity contribution in [2.75, 3.05) is 6.54 Å². The van der Waals surface area contributed by atoms with E-state index in [4.69, 9.17) is 0 Å². The molecule has 0 bridgehead atoms. The Morgan fingerprint density at radius 1 is 1.28 bits per heavy atom. The van der Waals surface area contributed by atoms with Crippen LogP contribution in [0.1, 0.15) is 31.2 Å². The van der Waals surface area contributed by atoms with Crippen molar-refractivity contribution < 1.29 is 9.80 Å². The average Bonchev–Trinajstić information content (AvgIpc) is 2.61. The van der Waals surface area contributed by atoms with Gasteiger partial charge in [0.25, 0.3) is 0 Å². The number of pyridine rings is 1. The second kappa shape index (κ2) is 3.43. The van der Waals surface area contributed by atoms with Crippen molar-refractivity contribution in [2.24, 2.45) is 0 Å². The van der Waals surface area contributed by atoms with E-state index < -0.39 is 0 Å². The summed E-state index contributed by atoms with van der Waals surface area (Å²) in [7, 11) is 8.62. The number of nitrogens with zero attached hydrogens (tertiary/aromatic N) is 1. The minimum atomic E-state index is 0.421. The molecule has 1 spiro atoms. The largest absolute Gasteiger partial charge is 0.455 e. The lowest BCUT2D eigenvalue weighted by atomic mass is 9.69. The zero-order chi connectivity index (χ0) is 12.3. The zero-order valence-electron chi connectivity index (χ0n) is 10.6. The van der Waals surface area contributed by atoms with Crippen LogP contribution in [-0.4, -0.2) is 17.1 Å². The average molecular weight is 241 g/mol. The molecular weight excluding hydrogens is 222 g/mol. The quantitative estimate of drug-likeness (QED) is 0.619. The Morgan fingerprint density at radius 3 is 2.83 bits per heavy atom. The number of aromatic nitrogens is 1. The lowest BCUT2D eigenvalue weighted by Crippen LogP contribution is -3.20. The Morgan fingerprint density at radius 2 is 2.11 bits per heavy atom. The summed E-state index contributed by atoms with van der Waals surface area (Å²) in [6.07, 6.45) is 9.07. The van der Waals surface area contributed by atoms with Crippen LogP contribution < -0.4 is 9.80 Å². The minimum absolute atomic E-state index is 0.421. The third-order valence-corrected chi connectivity index (χ3v) is 5.17. The Labute approximate surface area is 108 Å². The molecule has 1 aromatic heterocycles. The SMILES string of the molecule is [CH2-][NH+]1C2=C(CC3(CCC3)[NH+]([CH2-])C2)c2ccncc21. The number of fused-ring (bicyclic) bond motifs is 2. The first-order valence-electron chi connectivity index (χ1n) is 6.76. The van der Waals surface area contributed by atoms with Gasteiger partial charge < -0.3 is 9.80 Å². The molecule has 2 aliphatic heterocycles. The normalized spacial score (nSPS) is 32.1. The molecule has 3 nitrogen and oxygen atoms in total. The topological polar surface area (TPSA) is 21.8 Å². The van der Waals surface area contributed by atoms with Gasteiger partial charge in [-0.15, -0.1) is 14.1 Å². The number of rotatable bonds is 0. The fourth-order valence-corrected chi connectivity index (χ4v) is 3.82. The van der Waals surface area contributed by atoms with Crippen molar-refractivity contribution in [1.29, 1.82) is 0 Å². The first-order valence-corrected chi connectivity index (χ1v) is 6.76. The molecule has 2 unspecified atom stereocenters. The molecule has 0 saturated heterocycles. The Bertz CT molecular complexity index is 542. The van der Waals surface area contributed by atoms with Gasteiger partial charge in [0.1, 0.15) is 17.9 Å². The van der Waals surface area contributed by atoms with Gasteiger partial charge in [-0.1, -0.05) is 0 Å². The van der Waals surface area contributed by atoms with Crippen molar-refractivity contribution in [3.8, 4) is 0 Å². The zero-order valence-corrected chi connectivity index (χ0v) is 10.6. The van der Waals surface area contributed by atoms with Crippen molar-refractivity contribution in [1.82, 2.24) is 4.98 Å². The maximum Gasteiger partial charge on any atom is 0.143 e. The lowest BCUT2D eigenvalue weighted by molar-refractivity contribution is -0.929. The summed E-state index contributed by atoms with van der Waals surface area (Å²) in [5.41, 5.74) is 6.00. The van der Waals surface area contributed by atoms with Crippen molar-refractivity contribution >= 4 is 11.3 Å². The van der Waals surface area contributed by atoms with E-state index in [1.807, 2.05) is 12.4 Å². The molecule has 1 saturated carbocycles. The highest BCUT2D eigenvalue weighted by atomic mass is 15.3. The van der Waals surface area contributed by atoms with Gasteiger partial charge in [0.2, 0.25) is 0 Å². The van der Waals surface area contributed by atoms with Crippen LogP contribution in [0, 0.1) is 14.1 Å². The lowest BCUT2D eigenvalue weighted by Gasteiger charge is -2.52. The molecule has 18 heavy (non-hydrogen) atoms. The molecule has 1 aliphatic carbocycles. The van der Waals surface area contributed by atoms with Crippen LogP contribution in [0.5, 0.6) is 0 Å². The Hall–Kier alpha value is -1.19. The molecule has 4 rings (SSSR count). The smallest absolute Gasteiger partial charge is 0.143 e. The summed E-state index contributed by atoms with van der Waals surface area (Å²) in [6.45, 7) is 1.03. The summed E-state index contributed by atoms with van der Waals surface area (Å²) in [6, 6.07) is 2.16. The highest BCUT2D eigenvalue weighted by Crippen LogP contribution is 2.42. The molecule has 1 aromatic rings. The molecule has 0 aromatic carbocycles. The van der Waals surface area contributed by atoms with E-state index in [2.05, 4.69) is 25.1 Å². The van der Waals surface area contributed by atoms with Gasteiger partial charge in [0.15, 0.2) is 0 Å². The summed E-state index contributed by atoms with van der Waals surface area (Å²) in [5.74, 6) is 0. The van der Waals surface area contributed by atoms with Crippen LogP contribution in [0.3, 0.4) is 0 Å². The summed E-state index contributed by atoms with van der Waals surface area (Å²) in [4.78, 5) is 6.87. The van der Waals surface area contributed by atoms with Crippen LogP contribution in [0.2, 0.25) is 0 Å². The predicted octanol–water partition coefficient (Wildman–Crippen LogP) is 0.117. The van der Waals surface area contributed by atoms with E-state index in [0.29, 0.717) is 5.54 Å². The van der Waals surface area contributed by atoms with E-state index in [0.717, 1.165) is 6.54 Å². The molecule has 3 heterocycles. The molecule has 1 fully saturated rings. The summed E-state index contributed by atoms with van der Waals surface area (Å²) >= 11 is 0. The van der Waals surface area contributed by atoms with Crippen molar-refractivity contribution in [3.63, 3.8) is 0 Å². The fraction of sp³-hybridized carbons (Fsp3) is 0.400. The van der Waals surface area contributed by atoms with E-state index in [9.17, 15) is 0 Å². The Balaban J connectivity index is 1.82. The second-order valence-corrected chi connectivity index (χ2v) is 5.95. The maximum absolute atomic E-state index is 4.36. The highest BCUT2D eigenvalue weighted by Gasteiger charge is 2.49. The number of quaternary nitrogens is 2. The van der Waals surface area contributed by atoms with Gasteiger partial charge >= 0.3 is 0 Å². The predicted molar refractivity (Wildman–Crippen MR) is 69.5 cm³/mol. The van der Waals surface area contributed by atoms with Crippen LogP contribution in [0.15, 0.2) is 24.2 Å². The van der Waals surface area contributed by atoms with Crippen molar-refractivity contribution in [3.05, 3.63) is 43.8 Å². The van der Waals surface area contributed by atoms with Crippen LogP contribution in [0.25, 0.3) is 5.57 Å². The molecule has 2 N–H and O–H groups in total. The number of hydrogen-bond donors (Lipinski definition) is 2. The first kappa shape index (κ1) is 10.7. The molecule has 3 aliphatic rings. The highest BCUT2D eigenvalue weighted by molar-refractivity contribution is 5.78. The third kappa shape index (κ3) is 1.19.